The fourth-order valence-electron chi connectivity index (χ4n) is 18.2. The molecule has 4 saturated carbocycles. The molecule has 0 aromatic carbocycles. The number of esters is 2. The first-order valence-electron chi connectivity index (χ1n) is 32.2. The lowest BCUT2D eigenvalue weighted by molar-refractivity contribution is -0.380. The lowest BCUT2D eigenvalue weighted by atomic mass is 9.33. The molecule has 34 atom stereocenters. The van der Waals surface area contributed by atoms with Crippen LogP contribution in [0, 0.1) is 50.2 Å². The molecule has 14 N–H and O–H groups in total. The zero-order chi connectivity index (χ0) is 65.9. The lowest BCUT2D eigenvalue weighted by Gasteiger charge is -2.72. The van der Waals surface area contributed by atoms with E-state index in [0.29, 0.717) is 44.9 Å². The summed E-state index contributed by atoms with van der Waals surface area (Å²) in [6.07, 6.45) is -30.8. The maximum atomic E-state index is 15.8. The van der Waals surface area contributed by atoms with Gasteiger partial charge in [0.1, 0.15) is 90.9 Å². The first-order chi connectivity index (χ1) is 42.2. The van der Waals surface area contributed by atoms with Gasteiger partial charge in [0, 0.05) is 11.5 Å². The fourth-order valence-corrected chi connectivity index (χ4v) is 18.2. The molecule has 0 amide bonds. The molecule has 10 aliphatic rings. The summed E-state index contributed by atoms with van der Waals surface area (Å²) in [5.41, 5.74) is -3.26. The van der Waals surface area contributed by atoms with Gasteiger partial charge in [-0.15, -0.1) is 0 Å². The van der Waals surface area contributed by atoms with Crippen LogP contribution in [0.1, 0.15) is 127 Å². The molecule has 5 aliphatic carbocycles. The molecule has 514 valence electrons. The number of hydrogen-bond acceptors (Lipinski definition) is 27. The van der Waals surface area contributed by atoms with E-state index in [1.165, 1.54) is 26.8 Å². The fraction of sp³-hybridized carbons (Fsp3) is 0.905. The first kappa shape index (κ1) is 70.3. The molecule has 90 heavy (non-hydrogen) atoms. The summed E-state index contributed by atoms with van der Waals surface area (Å²) in [7, 11) is 0. The van der Waals surface area contributed by atoms with Gasteiger partial charge in [0.25, 0.3) is 0 Å². The third kappa shape index (κ3) is 11.8. The molecule has 27 nitrogen and oxygen atoms in total. The highest BCUT2D eigenvalue weighted by Gasteiger charge is 2.73. The molecule has 0 spiro atoms. The minimum Gasteiger partial charge on any atom is -0.454 e. The van der Waals surface area contributed by atoms with E-state index in [1.807, 2.05) is 6.92 Å². The van der Waals surface area contributed by atoms with Crippen LogP contribution in [-0.4, -0.2) is 263 Å². The Bertz CT molecular complexity index is 2590. The molecule has 34 unspecified atom stereocenters. The zero-order valence-electron chi connectivity index (χ0n) is 53.0. The zero-order valence-corrected chi connectivity index (χ0v) is 53.0. The molecule has 10 rings (SSSR count). The Hall–Kier alpha value is -2.50. The second kappa shape index (κ2) is 26.2. The molecule has 5 saturated heterocycles. The Morgan fingerprint density at radius 1 is 0.578 bits per heavy atom. The topological polar surface area (TPSA) is 419 Å². The largest absolute Gasteiger partial charge is 0.454 e. The van der Waals surface area contributed by atoms with E-state index < -0.39 is 218 Å². The number of carbonyl (C=O) groups is 2. The Labute approximate surface area is 524 Å². The molecule has 0 aromatic heterocycles. The summed E-state index contributed by atoms with van der Waals surface area (Å²) in [6, 6.07) is 0. The van der Waals surface area contributed by atoms with Crippen molar-refractivity contribution in [3.05, 3.63) is 23.8 Å². The smallest absolute Gasteiger partial charge is 0.330 e. The molecule has 0 aromatic rings. The summed E-state index contributed by atoms with van der Waals surface area (Å²) < 4.78 is 66.0. The SMILES string of the molecule is CC=CC(=O)OC1C(C)OC(OC(=O)C23CCC(C)(C)CC2C2=CCC4C5(C)CCC(OC6OC(CO)C(O)C(O)C6O)C(C)(CO)C5CCC4(C)C2(C)CC3O)C(OC2OC(C)C(OC3OCC(O)C(OC4OC(C)C(O)C(O)C4O)C3O)C(O)C2O)C1O. The van der Waals surface area contributed by atoms with Gasteiger partial charge >= 0.3 is 11.9 Å². The number of hydrogen-bond donors (Lipinski definition) is 14. The van der Waals surface area contributed by atoms with Crippen molar-refractivity contribution < 1.29 is 133 Å². The van der Waals surface area contributed by atoms with E-state index in [2.05, 4.69) is 40.7 Å². The highest BCUT2D eigenvalue weighted by atomic mass is 16.8. The van der Waals surface area contributed by atoms with E-state index in [4.69, 9.17) is 52.1 Å². The average molecular weight is 1290 g/mol. The van der Waals surface area contributed by atoms with Crippen molar-refractivity contribution in [1.82, 2.24) is 0 Å². The van der Waals surface area contributed by atoms with Crippen molar-refractivity contribution in [2.24, 2.45) is 50.2 Å². The highest BCUT2D eigenvalue weighted by Crippen LogP contribution is 2.76. The van der Waals surface area contributed by atoms with Crippen LogP contribution in [0.3, 0.4) is 0 Å². The highest BCUT2D eigenvalue weighted by molar-refractivity contribution is 5.82. The normalized spacial score (nSPS) is 53.7. The standard InChI is InChI=1S/C63H100O27/c1-11-12-37(68)86-49-28(4)83-56(51(46(49)77)89-54-45(76)42(73)48(27(3)82-54)87-52-47(78)50(31(66)24-80-52)88-53-43(74)40(71)38(69)26(2)81-53)90-57(79)63-20-19-58(5,6)21-30(63)29-13-14-34-59(7)17-16-36(85-55-44(75)41(72)39(70)32(23-64)84-55)60(8,25-65)33(59)15-18-61(34,9)62(29,10)22-35(63)67/h11-13,26-28,30-36,38-56,64-67,69-78H,14-25H2,1-10H3. The van der Waals surface area contributed by atoms with Gasteiger partial charge in [-0.2, -0.15) is 0 Å². The van der Waals surface area contributed by atoms with E-state index in [0.717, 1.165) is 11.6 Å². The maximum Gasteiger partial charge on any atom is 0.330 e. The Kier molecular flexibility index (Phi) is 20.4. The Balaban J connectivity index is 0.888. The quantitative estimate of drug-likeness (QED) is 0.0411. The van der Waals surface area contributed by atoms with E-state index in [-0.39, 0.29) is 36.7 Å². The third-order valence-electron chi connectivity index (χ3n) is 23.7. The molecule has 0 bridgehead atoms. The third-order valence-corrected chi connectivity index (χ3v) is 23.7. The number of allylic oxidation sites excluding steroid dienone is 3. The van der Waals surface area contributed by atoms with Crippen molar-refractivity contribution >= 4 is 11.9 Å². The molecular formula is C63H100O27. The summed E-state index contributed by atoms with van der Waals surface area (Å²) >= 11 is 0. The number of aliphatic hydroxyl groups excluding tert-OH is 14. The van der Waals surface area contributed by atoms with Crippen molar-refractivity contribution in [3.63, 3.8) is 0 Å². The number of carbonyl (C=O) groups excluding carboxylic acids is 2. The van der Waals surface area contributed by atoms with E-state index in [1.54, 1.807) is 6.92 Å². The van der Waals surface area contributed by atoms with Gasteiger partial charge in [-0.1, -0.05) is 59.3 Å². The van der Waals surface area contributed by atoms with Crippen LogP contribution in [0.4, 0.5) is 0 Å². The molecular weight excluding hydrogens is 1190 g/mol. The van der Waals surface area contributed by atoms with Crippen molar-refractivity contribution in [2.45, 2.75) is 287 Å². The Morgan fingerprint density at radius 2 is 1.18 bits per heavy atom. The molecule has 0 radical (unpaired) electrons. The van der Waals surface area contributed by atoms with Gasteiger partial charge < -0.3 is 124 Å². The van der Waals surface area contributed by atoms with Crippen LogP contribution in [0.5, 0.6) is 0 Å². The molecule has 27 heteroatoms. The Morgan fingerprint density at radius 3 is 1.83 bits per heavy atom. The van der Waals surface area contributed by atoms with Gasteiger partial charge in [0.15, 0.2) is 37.4 Å². The van der Waals surface area contributed by atoms with Gasteiger partial charge in [0.05, 0.1) is 50.3 Å². The summed E-state index contributed by atoms with van der Waals surface area (Å²) in [5, 5.41) is 156. The predicted octanol–water partition coefficient (Wildman–Crippen LogP) is -1.42. The second-order valence-corrected chi connectivity index (χ2v) is 29.4. The number of rotatable bonds is 14. The summed E-state index contributed by atoms with van der Waals surface area (Å²) in [6.45, 7) is 17.5. The minimum absolute atomic E-state index is 0.00934. The molecule has 9 fully saturated rings. The van der Waals surface area contributed by atoms with Gasteiger partial charge in [0.2, 0.25) is 6.29 Å². The summed E-state index contributed by atoms with van der Waals surface area (Å²) in [4.78, 5) is 28.8. The monoisotopic (exact) mass is 1290 g/mol. The number of ether oxygens (including phenoxy) is 11. The van der Waals surface area contributed by atoms with Crippen LogP contribution in [0.15, 0.2) is 23.8 Å². The predicted molar refractivity (Wildman–Crippen MR) is 307 cm³/mol. The lowest BCUT2D eigenvalue weighted by Crippen LogP contribution is -2.69. The van der Waals surface area contributed by atoms with Crippen LogP contribution in [0.2, 0.25) is 0 Å². The van der Waals surface area contributed by atoms with Gasteiger partial charge in [-0.05, 0) is 125 Å². The second-order valence-electron chi connectivity index (χ2n) is 29.4. The number of aliphatic hydroxyl groups is 14. The van der Waals surface area contributed by atoms with E-state index >= 15 is 4.79 Å². The summed E-state index contributed by atoms with van der Waals surface area (Å²) in [5.74, 6) is -2.35. The van der Waals surface area contributed by atoms with Crippen LogP contribution in [-0.2, 0) is 61.7 Å². The minimum atomic E-state index is -2.02. The first-order valence-corrected chi connectivity index (χ1v) is 32.2. The van der Waals surface area contributed by atoms with Gasteiger partial charge in [-0.3, -0.25) is 4.79 Å². The number of fused-ring (bicyclic) bond motifs is 7. The van der Waals surface area contributed by atoms with Crippen molar-refractivity contribution in [2.75, 3.05) is 19.8 Å². The van der Waals surface area contributed by atoms with Crippen LogP contribution < -0.4 is 0 Å². The molecule has 5 heterocycles. The van der Waals surface area contributed by atoms with Crippen LogP contribution >= 0.6 is 0 Å². The molecule has 5 aliphatic heterocycles. The van der Waals surface area contributed by atoms with E-state index in [9.17, 15) is 76.3 Å². The van der Waals surface area contributed by atoms with Gasteiger partial charge in [-0.25, -0.2) is 4.79 Å². The maximum absolute atomic E-state index is 15.8. The van der Waals surface area contributed by atoms with Crippen molar-refractivity contribution in [3.8, 4) is 0 Å². The van der Waals surface area contributed by atoms with Crippen molar-refractivity contribution in [1.29, 1.82) is 0 Å². The van der Waals surface area contributed by atoms with Crippen LogP contribution in [0.25, 0.3) is 0 Å². The average Bonchev–Trinajstić information content (AvgIpc) is 0.674.